The Morgan fingerprint density at radius 1 is 1.36 bits per heavy atom. The number of hydrogen-bond acceptors (Lipinski definition) is 3. The molecule has 2 heterocycles. The average molecular weight is 187 g/mol. The summed E-state index contributed by atoms with van der Waals surface area (Å²) < 4.78 is 1.62. The van der Waals surface area contributed by atoms with Crippen LogP contribution in [0.5, 0.6) is 0 Å². The molecule has 0 N–H and O–H groups in total. The number of carbonyl (C=O) groups is 1. The van der Waals surface area contributed by atoms with Crippen molar-refractivity contribution < 1.29 is 4.79 Å². The largest absolute Gasteiger partial charge is 0.296 e. The lowest BCUT2D eigenvalue weighted by Crippen LogP contribution is -1.89. The van der Waals surface area contributed by atoms with E-state index >= 15 is 0 Å². The van der Waals surface area contributed by atoms with Crippen molar-refractivity contribution in [1.29, 1.82) is 0 Å². The van der Waals surface area contributed by atoms with Gasteiger partial charge in [0.1, 0.15) is 5.69 Å². The van der Waals surface area contributed by atoms with Crippen LogP contribution in [0.25, 0.3) is 11.1 Å². The molecule has 2 rings (SSSR count). The molecule has 2 aromatic rings. The molecule has 0 spiro atoms. The van der Waals surface area contributed by atoms with Crippen LogP contribution >= 0.6 is 0 Å². The van der Waals surface area contributed by atoms with Crippen LogP contribution in [0.15, 0.2) is 30.7 Å². The number of aldehydes is 1. The first-order valence-corrected chi connectivity index (χ1v) is 4.20. The molecule has 70 valence electrons. The van der Waals surface area contributed by atoms with Crippen LogP contribution in [0.1, 0.15) is 10.5 Å². The van der Waals surface area contributed by atoms with E-state index in [9.17, 15) is 4.79 Å². The van der Waals surface area contributed by atoms with E-state index in [0.29, 0.717) is 5.69 Å². The van der Waals surface area contributed by atoms with Crippen LogP contribution in [-0.4, -0.2) is 21.1 Å². The minimum Gasteiger partial charge on any atom is -0.296 e. The van der Waals surface area contributed by atoms with Gasteiger partial charge in [0.25, 0.3) is 0 Å². The Morgan fingerprint density at radius 3 is 2.71 bits per heavy atom. The Labute approximate surface area is 81.2 Å². The molecular formula is C10H9N3O. The van der Waals surface area contributed by atoms with E-state index < -0.39 is 0 Å². The maximum absolute atomic E-state index is 10.7. The maximum atomic E-state index is 10.7. The molecule has 0 amide bonds. The minimum absolute atomic E-state index is 0.457. The number of rotatable bonds is 2. The highest BCUT2D eigenvalue weighted by Crippen LogP contribution is 2.20. The summed E-state index contributed by atoms with van der Waals surface area (Å²) in [7, 11) is 1.79. The van der Waals surface area contributed by atoms with E-state index in [0.717, 1.165) is 17.4 Å². The second-order valence-electron chi connectivity index (χ2n) is 2.96. The SMILES string of the molecule is Cn1cc(-c2ccncc2)c(C=O)n1. The molecule has 0 radical (unpaired) electrons. The van der Waals surface area contributed by atoms with Gasteiger partial charge in [0, 0.05) is 31.2 Å². The second kappa shape index (κ2) is 3.41. The average Bonchev–Trinajstić information content (AvgIpc) is 2.61. The molecule has 0 unspecified atom stereocenters. The predicted molar refractivity (Wildman–Crippen MR) is 51.8 cm³/mol. The molecular weight excluding hydrogens is 178 g/mol. The van der Waals surface area contributed by atoms with Crippen molar-refractivity contribution >= 4 is 6.29 Å². The number of nitrogens with zero attached hydrogens (tertiary/aromatic N) is 3. The summed E-state index contributed by atoms with van der Waals surface area (Å²) in [6.07, 6.45) is 5.96. The number of hydrogen-bond donors (Lipinski definition) is 0. The molecule has 0 saturated carbocycles. The highest BCUT2D eigenvalue weighted by Gasteiger charge is 2.07. The Kier molecular flexibility index (Phi) is 2.10. The van der Waals surface area contributed by atoms with Crippen LogP contribution < -0.4 is 0 Å². The van der Waals surface area contributed by atoms with Gasteiger partial charge in [0.2, 0.25) is 0 Å². The lowest BCUT2D eigenvalue weighted by atomic mass is 10.1. The molecule has 0 aromatic carbocycles. The van der Waals surface area contributed by atoms with Gasteiger partial charge < -0.3 is 0 Å². The van der Waals surface area contributed by atoms with Crippen molar-refractivity contribution in [2.75, 3.05) is 0 Å². The standard InChI is InChI=1S/C10H9N3O/c1-13-6-9(10(7-14)12-13)8-2-4-11-5-3-8/h2-7H,1H3. The molecule has 0 aliphatic carbocycles. The summed E-state index contributed by atoms with van der Waals surface area (Å²) in [5.74, 6) is 0. The van der Waals surface area contributed by atoms with Crippen LogP contribution in [0.3, 0.4) is 0 Å². The van der Waals surface area contributed by atoms with Crippen LogP contribution in [0, 0.1) is 0 Å². The molecule has 0 atom stereocenters. The summed E-state index contributed by atoms with van der Waals surface area (Å²) in [4.78, 5) is 14.6. The lowest BCUT2D eigenvalue weighted by molar-refractivity contribution is 0.111. The summed E-state index contributed by atoms with van der Waals surface area (Å²) in [5, 5.41) is 4.03. The minimum atomic E-state index is 0.457. The molecule has 4 heteroatoms. The Morgan fingerprint density at radius 2 is 2.07 bits per heavy atom. The monoisotopic (exact) mass is 187 g/mol. The van der Waals surface area contributed by atoms with E-state index in [4.69, 9.17) is 0 Å². The predicted octanol–water partition coefficient (Wildman–Crippen LogP) is 1.29. The van der Waals surface area contributed by atoms with Gasteiger partial charge in [-0.05, 0) is 17.7 Å². The summed E-state index contributed by atoms with van der Waals surface area (Å²) >= 11 is 0. The fourth-order valence-corrected chi connectivity index (χ4v) is 1.35. The summed E-state index contributed by atoms with van der Waals surface area (Å²) in [6.45, 7) is 0. The fraction of sp³-hybridized carbons (Fsp3) is 0.100. The van der Waals surface area contributed by atoms with Gasteiger partial charge in [-0.1, -0.05) is 0 Å². The van der Waals surface area contributed by atoms with Gasteiger partial charge >= 0.3 is 0 Å². The third-order valence-corrected chi connectivity index (χ3v) is 1.96. The Balaban J connectivity index is 2.56. The van der Waals surface area contributed by atoms with E-state index in [1.165, 1.54) is 0 Å². The Bertz CT molecular complexity index is 448. The first-order chi connectivity index (χ1) is 6.81. The molecule has 0 aliphatic heterocycles. The van der Waals surface area contributed by atoms with E-state index in [2.05, 4.69) is 10.1 Å². The molecule has 14 heavy (non-hydrogen) atoms. The molecule has 0 saturated heterocycles. The number of aryl methyl sites for hydroxylation is 1. The number of aromatic nitrogens is 3. The van der Waals surface area contributed by atoms with Crippen LogP contribution in [-0.2, 0) is 7.05 Å². The van der Waals surface area contributed by atoms with Crippen molar-refractivity contribution in [2.24, 2.45) is 7.05 Å². The van der Waals surface area contributed by atoms with Gasteiger partial charge in [-0.25, -0.2) is 0 Å². The van der Waals surface area contributed by atoms with Crippen molar-refractivity contribution in [1.82, 2.24) is 14.8 Å². The van der Waals surface area contributed by atoms with Crippen molar-refractivity contribution in [3.8, 4) is 11.1 Å². The molecule has 0 fully saturated rings. The third-order valence-electron chi connectivity index (χ3n) is 1.96. The smallest absolute Gasteiger partial charge is 0.170 e. The number of carbonyl (C=O) groups excluding carboxylic acids is 1. The maximum Gasteiger partial charge on any atom is 0.170 e. The van der Waals surface area contributed by atoms with Crippen LogP contribution in [0.4, 0.5) is 0 Å². The summed E-state index contributed by atoms with van der Waals surface area (Å²) in [6, 6.07) is 3.70. The van der Waals surface area contributed by atoms with E-state index in [1.807, 2.05) is 18.3 Å². The number of pyridine rings is 1. The zero-order valence-corrected chi connectivity index (χ0v) is 7.71. The zero-order valence-electron chi connectivity index (χ0n) is 7.71. The molecule has 2 aromatic heterocycles. The first kappa shape index (κ1) is 8.62. The quantitative estimate of drug-likeness (QED) is 0.665. The van der Waals surface area contributed by atoms with Gasteiger partial charge in [-0.3, -0.25) is 14.5 Å². The van der Waals surface area contributed by atoms with Crippen molar-refractivity contribution in [3.05, 3.63) is 36.4 Å². The van der Waals surface area contributed by atoms with Gasteiger partial charge in [0.15, 0.2) is 6.29 Å². The topological polar surface area (TPSA) is 47.8 Å². The van der Waals surface area contributed by atoms with E-state index in [1.54, 1.807) is 24.1 Å². The lowest BCUT2D eigenvalue weighted by Gasteiger charge is -1.95. The second-order valence-corrected chi connectivity index (χ2v) is 2.96. The fourth-order valence-electron chi connectivity index (χ4n) is 1.35. The van der Waals surface area contributed by atoms with Gasteiger partial charge in [0.05, 0.1) is 0 Å². The molecule has 0 aliphatic rings. The third kappa shape index (κ3) is 1.42. The van der Waals surface area contributed by atoms with Gasteiger partial charge in [-0.2, -0.15) is 5.10 Å². The first-order valence-electron chi connectivity index (χ1n) is 4.20. The normalized spacial score (nSPS) is 10.1. The highest BCUT2D eigenvalue weighted by atomic mass is 16.1. The van der Waals surface area contributed by atoms with E-state index in [-0.39, 0.29) is 0 Å². The van der Waals surface area contributed by atoms with Gasteiger partial charge in [-0.15, -0.1) is 0 Å². The van der Waals surface area contributed by atoms with Crippen molar-refractivity contribution in [2.45, 2.75) is 0 Å². The molecule has 0 bridgehead atoms. The van der Waals surface area contributed by atoms with Crippen molar-refractivity contribution in [3.63, 3.8) is 0 Å². The summed E-state index contributed by atoms with van der Waals surface area (Å²) in [5.41, 5.74) is 2.25. The molecule has 4 nitrogen and oxygen atoms in total. The Hall–Kier alpha value is -1.97. The highest BCUT2D eigenvalue weighted by molar-refractivity contribution is 5.84. The van der Waals surface area contributed by atoms with Crippen LogP contribution in [0.2, 0.25) is 0 Å². The zero-order chi connectivity index (χ0) is 9.97.